The van der Waals surface area contributed by atoms with Crippen molar-refractivity contribution in [1.82, 2.24) is 14.8 Å². The molecule has 0 saturated carbocycles. The molecule has 0 fully saturated rings. The van der Waals surface area contributed by atoms with E-state index in [9.17, 15) is 0 Å². The topological polar surface area (TPSA) is 52.0 Å². The Morgan fingerprint density at radius 2 is 2.10 bits per heavy atom. The van der Waals surface area contributed by atoms with Crippen molar-refractivity contribution in [3.63, 3.8) is 0 Å². The van der Waals surface area contributed by atoms with Crippen LogP contribution >= 0.6 is 0 Å². The molecule has 108 valence electrons. The van der Waals surface area contributed by atoms with Crippen LogP contribution in [0.2, 0.25) is 0 Å². The molecule has 2 heterocycles. The second kappa shape index (κ2) is 6.93. The average Bonchev–Trinajstić information content (AvgIpc) is 2.89. The van der Waals surface area contributed by atoms with Gasteiger partial charge >= 0.3 is 0 Å². The molecular formula is C15H22N4O. The molecule has 1 N–H and O–H groups in total. The van der Waals surface area contributed by atoms with E-state index >= 15 is 0 Å². The molecule has 5 nitrogen and oxygen atoms in total. The molecule has 0 spiro atoms. The fraction of sp³-hybridized carbons (Fsp3) is 0.467. The van der Waals surface area contributed by atoms with Gasteiger partial charge < -0.3 is 10.1 Å². The Hall–Kier alpha value is -2.04. The van der Waals surface area contributed by atoms with Crippen molar-refractivity contribution >= 4 is 5.69 Å². The van der Waals surface area contributed by atoms with Crippen molar-refractivity contribution in [2.24, 2.45) is 0 Å². The number of ether oxygens (including phenoxy) is 1. The number of nitrogens with zero attached hydrogens (tertiary/aromatic N) is 3. The van der Waals surface area contributed by atoms with Crippen molar-refractivity contribution in [2.75, 3.05) is 11.9 Å². The summed E-state index contributed by atoms with van der Waals surface area (Å²) in [6, 6.07) is 6.00. The van der Waals surface area contributed by atoms with Gasteiger partial charge in [-0.1, -0.05) is 6.92 Å². The van der Waals surface area contributed by atoms with E-state index in [-0.39, 0.29) is 0 Å². The summed E-state index contributed by atoms with van der Waals surface area (Å²) in [5, 5.41) is 7.90. The predicted molar refractivity (Wildman–Crippen MR) is 80.0 cm³/mol. The van der Waals surface area contributed by atoms with Crippen LogP contribution in [0.15, 0.2) is 24.4 Å². The van der Waals surface area contributed by atoms with Gasteiger partial charge in [-0.3, -0.25) is 4.68 Å². The minimum atomic E-state index is 0.634. The number of hydrogen-bond acceptors (Lipinski definition) is 4. The smallest absolute Gasteiger partial charge is 0.213 e. The average molecular weight is 274 g/mol. The lowest BCUT2D eigenvalue weighted by atomic mass is 10.3. The van der Waals surface area contributed by atoms with Crippen LogP contribution in [-0.4, -0.2) is 21.4 Å². The molecule has 0 aliphatic carbocycles. The van der Waals surface area contributed by atoms with E-state index in [2.05, 4.69) is 35.3 Å². The van der Waals surface area contributed by atoms with E-state index in [4.69, 9.17) is 4.74 Å². The zero-order chi connectivity index (χ0) is 14.4. The highest BCUT2D eigenvalue weighted by atomic mass is 16.5. The SMILES string of the molecule is CCOc1ccc(NCc2cc(CC)nn2CC)cn1. The number of hydrogen-bond donors (Lipinski definition) is 1. The van der Waals surface area contributed by atoms with Gasteiger partial charge in [-0.25, -0.2) is 4.98 Å². The highest BCUT2D eigenvalue weighted by molar-refractivity contribution is 5.42. The van der Waals surface area contributed by atoms with Gasteiger partial charge in [0, 0.05) is 12.6 Å². The van der Waals surface area contributed by atoms with E-state index in [0.717, 1.165) is 30.9 Å². The van der Waals surface area contributed by atoms with E-state index < -0.39 is 0 Å². The standard InChI is InChI=1S/C15H22N4O/c1-4-12-9-14(19(5-2)18-12)11-16-13-7-8-15(17-10-13)20-6-3/h7-10,16H,4-6,11H2,1-3H3. The molecule has 2 rings (SSSR count). The van der Waals surface area contributed by atoms with Crippen molar-refractivity contribution in [2.45, 2.75) is 40.3 Å². The molecule has 0 bridgehead atoms. The number of pyridine rings is 1. The summed E-state index contributed by atoms with van der Waals surface area (Å²) in [5.74, 6) is 0.657. The van der Waals surface area contributed by atoms with Crippen LogP contribution in [0.3, 0.4) is 0 Å². The van der Waals surface area contributed by atoms with Crippen molar-refractivity contribution < 1.29 is 4.74 Å². The number of rotatable bonds is 7. The molecule has 0 saturated heterocycles. The molecule has 0 aliphatic rings. The first-order chi connectivity index (χ1) is 9.76. The number of aryl methyl sites for hydroxylation is 2. The first-order valence-corrected chi connectivity index (χ1v) is 7.15. The summed E-state index contributed by atoms with van der Waals surface area (Å²) in [6.45, 7) is 8.44. The zero-order valence-corrected chi connectivity index (χ0v) is 12.4. The second-order valence-electron chi connectivity index (χ2n) is 4.47. The Bertz CT molecular complexity index is 533. The molecule has 5 heteroatoms. The van der Waals surface area contributed by atoms with E-state index in [1.54, 1.807) is 6.20 Å². The number of aromatic nitrogens is 3. The zero-order valence-electron chi connectivity index (χ0n) is 12.4. The summed E-state index contributed by atoms with van der Waals surface area (Å²) >= 11 is 0. The van der Waals surface area contributed by atoms with Crippen LogP contribution in [0, 0.1) is 0 Å². The van der Waals surface area contributed by atoms with Gasteiger partial charge in [0.2, 0.25) is 5.88 Å². The van der Waals surface area contributed by atoms with Gasteiger partial charge in [-0.2, -0.15) is 5.10 Å². The highest BCUT2D eigenvalue weighted by Crippen LogP contribution is 2.13. The Morgan fingerprint density at radius 3 is 2.70 bits per heavy atom. The minimum absolute atomic E-state index is 0.634. The predicted octanol–water partition coefficient (Wildman–Crippen LogP) is 2.87. The van der Waals surface area contributed by atoms with Crippen LogP contribution in [0.25, 0.3) is 0 Å². The molecule has 2 aromatic rings. The monoisotopic (exact) mass is 274 g/mol. The molecule has 2 aromatic heterocycles. The first-order valence-electron chi connectivity index (χ1n) is 7.15. The van der Waals surface area contributed by atoms with Crippen LogP contribution in [-0.2, 0) is 19.5 Å². The lowest BCUT2D eigenvalue weighted by Gasteiger charge is -2.08. The third-order valence-electron chi connectivity index (χ3n) is 3.08. The summed E-state index contributed by atoms with van der Waals surface area (Å²) < 4.78 is 7.36. The second-order valence-corrected chi connectivity index (χ2v) is 4.47. The van der Waals surface area contributed by atoms with E-state index in [1.807, 2.05) is 23.7 Å². The van der Waals surface area contributed by atoms with Crippen LogP contribution < -0.4 is 10.1 Å². The molecule has 0 aliphatic heterocycles. The molecule has 20 heavy (non-hydrogen) atoms. The Labute approximate surface area is 120 Å². The maximum absolute atomic E-state index is 5.33. The summed E-state index contributed by atoms with van der Waals surface area (Å²) in [6.07, 6.45) is 2.75. The van der Waals surface area contributed by atoms with Gasteiger partial charge in [0.25, 0.3) is 0 Å². The minimum Gasteiger partial charge on any atom is -0.478 e. The Morgan fingerprint density at radius 1 is 1.25 bits per heavy atom. The lowest BCUT2D eigenvalue weighted by molar-refractivity contribution is 0.327. The molecular weight excluding hydrogens is 252 g/mol. The molecule has 0 aromatic carbocycles. The van der Waals surface area contributed by atoms with Gasteiger partial charge in [-0.15, -0.1) is 0 Å². The Kier molecular flexibility index (Phi) is 4.98. The van der Waals surface area contributed by atoms with Gasteiger partial charge in [0.15, 0.2) is 0 Å². The van der Waals surface area contributed by atoms with Crippen molar-refractivity contribution in [3.8, 4) is 5.88 Å². The van der Waals surface area contributed by atoms with E-state index in [0.29, 0.717) is 12.5 Å². The maximum Gasteiger partial charge on any atom is 0.213 e. The fourth-order valence-corrected chi connectivity index (χ4v) is 2.01. The largest absolute Gasteiger partial charge is 0.478 e. The maximum atomic E-state index is 5.33. The summed E-state index contributed by atoms with van der Waals surface area (Å²) in [7, 11) is 0. The third kappa shape index (κ3) is 3.50. The highest BCUT2D eigenvalue weighted by Gasteiger charge is 2.05. The summed E-state index contributed by atoms with van der Waals surface area (Å²) in [4.78, 5) is 4.24. The van der Waals surface area contributed by atoms with Gasteiger partial charge in [0.05, 0.1) is 36.4 Å². The van der Waals surface area contributed by atoms with Crippen LogP contribution in [0.4, 0.5) is 5.69 Å². The van der Waals surface area contributed by atoms with Crippen molar-refractivity contribution in [3.05, 3.63) is 35.8 Å². The molecule has 0 amide bonds. The van der Waals surface area contributed by atoms with Crippen LogP contribution in [0.1, 0.15) is 32.2 Å². The van der Waals surface area contributed by atoms with E-state index in [1.165, 1.54) is 5.69 Å². The lowest BCUT2D eigenvalue weighted by Crippen LogP contribution is -2.08. The molecule has 0 atom stereocenters. The molecule has 0 unspecified atom stereocenters. The fourth-order valence-electron chi connectivity index (χ4n) is 2.01. The third-order valence-corrected chi connectivity index (χ3v) is 3.08. The van der Waals surface area contributed by atoms with Gasteiger partial charge in [-0.05, 0) is 32.4 Å². The van der Waals surface area contributed by atoms with Gasteiger partial charge in [0.1, 0.15) is 0 Å². The number of anilines is 1. The molecule has 0 radical (unpaired) electrons. The normalized spacial score (nSPS) is 10.6. The first kappa shape index (κ1) is 14.4. The van der Waals surface area contributed by atoms with Crippen molar-refractivity contribution in [1.29, 1.82) is 0 Å². The van der Waals surface area contributed by atoms with Crippen LogP contribution in [0.5, 0.6) is 5.88 Å². The number of nitrogens with one attached hydrogen (secondary N) is 1. The Balaban J connectivity index is 1.99. The summed E-state index contributed by atoms with van der Waals surface area (Å²) in [5.41, 5.74) is 3.31. The quantitative estimate of drug-likeness (QED) is 0.843.